The van der Waals surface area contributed by atoms with Gasteiger partial charge < -0.3 is 20.1 Å². The lowest BCUT2D eigenvalue weighted by molar-refractivity contribution is -0.113. The van der Waals surface area contributed by atoms with Gasteiger partial charge in [0, 0.05) is 11.4 Å². The Bertz CT molecular complexity index is 1480. The van der Waals surface area contributed by atoms with Gasteiger partial charge in [-0.15, -0.1) is 0 Å². The number of carbonyl (C=O) groups is 2. The van der Waals surface area contributed by atoms with Crippen molar-refractivity contribution < 1.29 is 19.1 Å². The normalized spacial score (nSPS) is 14.4. The van der Waals surface area contributed by atoms with Crippen LogP contribution in [0.1, 0.15) is 34.7 Å². The van der Waals surface area contributed by atoms with Gasteiger partial charge in [0.05, 0.1) is 18.2 Å². The molecule has 1 aliphatic rings. The van der Waals surface area contributed by atoms with Gasteiger partial charge in [-0.25, -0.2) is 9.48 Å². The Morgan fingerprint density at radius 2 is 1.59 bits per heavy atom. The summed E-state index contributed by atoms with van der Waals surface area (Å²) in [6.07, 6.45) is 0. The number of hydrogen-bond acceptors (Lipinski definition) is 7. The van der Waals surface area contributed by atoms with Crippen LogP contribution in [0.2, 0.25) is 0 Å². The summed E-state index contributed by atoms with van der Waals surface area (Å²) in [5.41, 5.74) is 2.94. The fraction of sp³-hybridized carbons (Fsp3) is 0.143. The maximum Gasteiger partial charge on any atom is 0.337 e. The number of nitrogens with zero attached hydrogens (tertiary/aromatic N) is 3. The summed E-state index contributed by atoms with van der Waals surface area (Å²) in [5, 5.41) is 10.7. The molecule has 1 atom stereocenters. The molecule has 0 fully saturated rings. The lowest BCUT2D eigenvalue weighted by Crippen LogP contribution is -2.31. The van der Waals surface area contributed by atoms with E-state index in [0.717, 1.165) is 11.3 Å². The zero-order valence-electron chi connectivity index (χ0n) is 20.6. The largest absolute Gasteiger partial charge is 0.465 e. The highest BCUT2D eigenvalue weighted by Crippen LogP contribution is 2.36. The van der Waals surface area contributed by atoms with Crippen LogP contribution in [-0.4, -0.2) is 33.8 Å². The number of aryl methyl sites for hydroxylation is 1. The predicted molar refractivity (Wildman–Crippen MR) is 139 cm³/mol. The molecule has 0 saturated heterocycles. The Balaban J connectivity index is 1.42. The molecule has 37 heavy (non-hydrogen) atoms. The number of carbonyl (C=O) groups excluding carboxylic acids is 2. The van der Waals surface area contributed by atoms with Gasteiger partial charge in [-0.3, -0.25) is 4.79 Å². The standard InChI is InChI=1S/C28H25N5O4/c1-17-24(26(34)31-21-13-15-23(16-14-21)37-22-7-5-4-6-8-22)25(33-28(29-17)30-18(2)32-33)19-9-11-20(12-10-19)27(35)36-3/h4-16,25H,1-3H3,(H,31,34)(H,29,30,32). The Labute approximate surface area is 213 Å². The van der Waals surface area contributed by atoms with E-state index in [1.807, 2.05) is 37.3 Å². The molecule has 0 aliphatic carbocycles. The van der Waals surface area contributed by atoms with E-state index in [1.54, 1.807) is 60.1 Å². The smallest absolute Gasteiger partial charge is 0.337 e. The third-order valence-electron chi connectivity index (χ3n) is 5.94. The molecule has 4 aromatic rings. The number of benzene rings is 3. The number of aromatic nitrogens is 3. The number of allylic oxidation sites excluding steroid dienone is 1. The van der Waals surface area contributed by atoms with E-state index in [2.05, 4.69) is 20.7 Å². The molecule has 0 spiro atoms. The third-order valence-corrected chi connectivity index (χ3v) is 5.94. The second-order valence-electron chi connectivity index (χ2n) is 8.50. The molecule has 9 nitrogen and oxygen atoms in total. The second kappa shape index (κ2) is 9.98. The lowest BCUT2D eigenvalue weighted by atomic mass is 9.94. The summed E-state index contributed by atoms with van der Waals surface area (Å²) in [5.74, 6) is 1.78. The summed E-state index contributed by atoms with van der Waals surface area (Å²) >= 11 is 0. The highest BCUT2D eigenvalue weighted by molar-refractivity contribution is 6.06. The van der Waals surface area contributed by atoms with Crippen molar-refractivity contribution in [1.29, 1.82) is 0 Å². The number of fused-ring (bicyclic) bond motifs is 1. The number of ether oxygens (including phenoxy) is 2. The van der Waals surface area contributed by atoms with Crippen molar-refractivity contribution in [3.63, 3.8) is 0 Å². The number of esters is 1. The molecule has 1 unspecified atom stereocenters. The first-order valence-electron chi connectivity index (χ1n) is 11.7. The number of hydrogen-bond donors (Lipinski definition) is 2. The van der Waals surface area contributed by atoms with Crippen molar-refractivity contribution in [3.8, 4) is 11.5 Å². The molecule has 0 radical (unpaired) electrons. The molecule has 0 saturated carbocycles. The molecule has 5 rings (SSSR count). The van der Waals surface area contributed by atoms with Gasteiger partial charge in [-0.05, 0) is 67.9 Å². The van der Waals surface area contributed by atoms with Crippen molar-refractivity contribution in [2.75, 3.05) is 17.7 Å². The second-order valence-corrected chi connectivity index (χ2v) is 8.50. The monoisotopic (exact) mass is 495 g/mol. The number of para-hydroxylation sites is 1. The van der Waals surface area contributed by atoms with Crippen LogP contribution < -0.4 is 15.4 Å². The number of amides is 1. The van der Waals surface area contributed by atoms with Gasteiger partial charge in [-0.1, -0.05) is 30.3 Å². The van der Waals surface area contributed by atoms with E-state index in [-0.39, 0.29) is 5.91 Å². The summed E-state index contributed by atoms with van der Waals surface area (Å²) in [6, 6.07) is 23.0. The summed E-state index contributed by atoms with van der Waals surface area (Å²) in [4.78, 5) is 30.0. The molecule has 3 aromatic carbocycles. The number of rotatable bonds is 6. The fourth-order valence-corrected chi connectivity index (χ4v) is 4.21. The van der Waals surface area contributed by atoms with E-state index in [4.69, 9.17) is 9.47 Å². The van der Waals surface area contributed by atoms with Crippen molar-refractivity contribution in [2.45, 2.75) is 19.9 Å². The van der Waals surface area contributed by atoms with Crippen LogP contribution in [0, 0.1) is 6.92 Å². The first-order valence-corrected chi connectivity index (χ1v) is 11.7. The number of anilines is 2. The molecular weight excluding hydrogens is 470 g/mol. The van der Waals surface area contributed by atoms with Gasteiger partial charge >= 0.3 is 5.97 Å². The molecule has 9 heteroatoms. The molecular formula is C28H25N5O4. The van der Waals surface area contributed by atoms with E-state index in [9.17, 15) is 9.59 Å². The maximum absolute atomic E-state index is 13.6. The van der Waals surface area contributed by atoms with Crippen molar-refractivity contribution >= 4 is 23.5 Å². The van der Waals surface area contributed by atoms with Gasteiger partial charge in [0.25, 0.3) is 5.91 Å². The van der Waals surface area contributed by atoms with Gasteiger partial charge in [0.15, 0.2) is 0 Å². The average Bonchev–Trinajstić information content (AvgIpc) is 3.28. The summed E-state index contributed by atoms with van der Waals surface area (Å²) in [6.45, 7) is 3.62. The van der Waals surface area contributed by atoms with Crippen LogP contribution in [0.4, 0.5) is 11.6 Å². The molecule has 186 valence electrons. The van der Waals surface area contributed by atoms with Gasteiger partial charge in [0.2, 0.25) is 5.95 Å². The Kier molecular flexibility index (Phi) is 6.42. The molecule has 2 N–H and O–H groups in total. The zero-order valence-corrected chi connectivity index (χ0v) is 20.6. The minimum atomic E-state index is -0.551. The third kappa shape index (κ3) is 4.92. The van der Waals surface area contributed by atoms with Crippen LogP contribution in [-0.2, 0) is 9.53 Å². The van der Waals surface area contributed by atoms with Gasteiger partial charge in [-0.2, -0.15) is 10.1 Å². The quantitative estimate of drug-likeness (QED) is 0.359. The fourth-order valence-electron chi connectivity index (χ4n) is 4.21. The minimum absolute atomic E-state index is 0.289. The zero-order chi connectivity index (χ0) is 25.9. The van der Waals surface area contributed by atoms with E-state index in [0.29, 0.717) is 40.0 Å². The maximum atomic E-state index is 13.6. The highest BCUT2D eigenvalue weighted by Gasteiger charge is 2.34. The van der Waals surface area contributed by atoms with E-state index in [1.165, 1.54) is 7.11 Å². The van der Waals surface area contributed by atoms with Crippen LogP contribution in [0.15, 0.2) is 90.1 Å². The minimum Gasteiger partial charge on any atom is -0.465 e. The molecule has 0 bridgehead atoms. The molecule has 1 aromatic heterocycles. The summed E-state index contributed by atoms with van der Waals surface area (Å²) < 4.78 is 12.3. The van der Waals surface area contributed by atoms with Crippen LogP contribution >= 0.6 is 0 Å². The SMILES string of the molecule is COC(=O)c1ccc(C2C(C(=O)Nc3ccc(Oc4ccccc4)cc3)=C(C)Nc3nc(C)nn32)cc1. The Hall–Kier alpha value is -4.92. The van der Waals surface area contributed by atoms with Crippen LogP contribution in [0.5, 0.6) is 11.5 Å². The molecule has 2 heterocycles. The Morgan fingerprint density at radius 3 is 2.27 bits per heavy atom. The van der Waals surface area contributed by atoms with Gasteiger partial charge in [0.1, 0.15) is 23.4 Å². The first-order chi connectivity index (χ1) is 17.9. The van der Waals surface area contributed by atoms with Crippen molar-refractivity contribution in [2.24, 2.45) is 0 Å². The van der Waals surface area contributed by atoms with E-state index >= 15 is 0 Å². The molecule has 1 aliphatic heterocycles. The molecule has 1 amide bonds. The van der Waals surface area contributed by atoms with Crippen molar-refractivity contribution in [1.82, 2.24) is 14.8 Å². The lowest BCUT2D eigenvalue weighted by Gasteiger charge is -2.28. The average molecular weight is 496 g/mol. The highest BCUT2D eigenvalue weighted by atomic mass is 16.5. The van der Waals surface area contributed by atoms with E-state index < -0.39 is 12.0 Å². The topological polar surface area (TPSA) is 107 Å². The number of nitrogens with one attached hydrogen (secondary N) is 2. The number of methoxy groups -OCH3 is 1. The van der Waals surface area contributed by atoms with Crippen LogP contribution in [0.3, 0.4) is 0 Å². The van der Waals surface area contributed by atoms with Crippen LogP contribution in [0.25, 0.3) is 0 Å². The first kappa shape index (κ1) is 23.8. The van der Waals surface area contributed by atoms with Crippen molar-refractivity contribution in [3.05, 3.63) is 107 Å². The Morgan fingerprint density at radius 1 is 0.919 bits per heavy atom. The predicted octanol–water partition coefficient (Wildman–Crippen LogP) is 5.09. The summed E-state index contributed by atoms with van der Waals surface area (Å²) in [7, 11) is 1.34.